The van der Waals surface area contributed by atoms with Crippen molar-refractivity contribution in [3.05, 3.63) is 35.4 Å². The normalized spacial score (nSPS) is 13.3. The number of hydrogen-bond donors (Lipinski definition) is 2. The van der Waals surface area contributed by atoms with E-state index >= 15 is 0 Å². The lowest BCUT2D eigenvalue weighted by Gasteiger charge is -2.24. The van der Waals surface area contributed by atoms with Crippen molar-refractivity contribution >= 4 is 12.0 Å². The predicted molar refractivity (Wildman–Crippen MR) is 91.1 cm³/mol. The summed E-state index contributed by atoms with van der Waals surface area (Å²) in [4.78, 5) is 24.2. The predicted octanol–water partition coefficient (Wildman–Crippen LogP) is 3.33. The Morgan fingerprint density at radius 1 is 1.09 bits per heavy atom. The molecule has 0 aliphatic rings. The average molecular weight is 320 g/mol. The third-order valence-electron chi connectivity index (χ3n) is 3.60. The molecule has 0 saturated carbocycles. The number of carbonyl (C=O) groups excluding carboxylic acids is 2. The van der Waals surface area contributed by atoms with Gasteiger partial charge in [-0.25, -0.2) is 4.79 Å². The molecule has 2 amide bonds. The number of amides is 2. The van der Waals surface area contributed by atoms with Crippen molar-refractivity contribution in [2.75, 3.05) is 6.61 Å². The van der Waals surface area contributed by atoms with Crippen molar-refractivity contribution in [2.24, 2.45) is 5.92 Å². The van der Waals surface area contributed by atoms with E-state index < -0.39 is 12.1 Å². The lowest BCUT2D eigenvalue weighted by atomic mass is 10.0. The number of aryl methyl sites for hydroxylation is 1. The quantitative estimate of drug-likeness (QED) is 0.810. The third kappa shape index (κ3) is 6.30. The third-order valence-corrected chi connectivity index (χ3v) is 3.60. The molecule has 0 spiro atoms. The Bertz CT molecular complexity index is 512. The fraction of sp³-hybridized carbons (Fsp3) is 0.556. The van der Waals surface area contributed by atoms with Crippen LogP contribution in [0.4, 0.5) is 4.79 Å². The first-order valence-electron chi connectivity index (χ1n) is 8.15. The van der Waals surface area contributed by atoms with Crippen LogP contribution in [0.1, 0.15) is 51.3 Å². The molecule has 0 aliphatic carbocycles. The van der Waals surface area contributed by atoms with E-state index in [1.807, 2.05) is 58.9 Å². The Morgan fingerprint density at radius 3 is 2.22 bits per heavy atom. The Labute approximate surface area is 138 Å². The highest BCUT2D eigenvalue weighted by molar-refractivity contribution is 5.86. The molecule has 0 radical (unpaired) electrons. The van der Waals surface area contributed by atoms with Gasteiger partial charge in [0.15, 0.2) is 0 Å². The smallest absolute Gasteiger partial charge is 0.407 e. The number of benzene rings is 1. The van der Waals surface area contributed by atoms with Gasteiger partial charge in [-0.05, 0) is 31.7 Å². The molecule has 1 aromatic rings. The van der Waals surface area contributed by atoms with E-state index in [9.17, 15) is 9.59 Å². The molecule has 0 bridgehead atoms. The Balaban J connectivity index is 2.66. The monoisotopic (exact) mass is 320 g/mol. The highest BCUT2D eigenvalue weighted by Gasteiger charge is 2.26. The molecule has 0 heterocycles. The van der Waals surface area contributed by atoms with E-state index in [0.29, 0.717) is 6.61 Å². The summed E-state index contributed by atoms with van der Waals surface area (Å²) in [6.45, 7) is 9.99. The molecule has 0 saturated heterocycles. The van der Waals surface area contributed by atoms with Crippen LogP contribution < -0.4 is 10.6 Å². The molecule has 2 unspecified atom stereocenters. The standard InChI is InChI=1S/C18H28N2O3/c1-6-11-23-18(22)20-16(12(2)3)17(21)19-14(5)15-9-7-13(4)8-10-15/h7-10,12,14,16H,6,11H2,1-5H3,(H,19,21)(H,20,22). The van der Waals surface area contributed by atoms with Gasteiger partial charge in [0.05, 0.1) is 12.6 Å². The van der Waals surface area contributed by atoms with Gasteiger partial charge in [0.25, 0.3) is 0 Å². The van der Waals surface area contributed by atoms with E-state index in [1.54, 1.807) is 0 Å². The molecule has 2 N–H and O–H groups in total. The number of alkyl carbamates (subject to hydrolysis) is 1. The molecule has 1 rings (SSSR count). The van der Waals surface area contributed by atoms with Crippen molar-refractivity contribution in [3.63, 3.8) is 0 Å². The summed E-state index contributed by atoms with van der Waals surface area (Å²) >= 11 is 0. The zero-order chi connectivity index (χ0) is 17.4. The summed E-state index contributed by atoms with van der Waals surface area (Å²) in [5.74, 6) is -0.240. The van der Waals surface area contributed by atoms with Gasteiger partial charge < -0.3 is 15.4 Å². The van der Waals surface area contributed by atoms with Crippen molar-refractivity contribution < 1.29 is 14.3 Å². The van der Waals surface area contributed by atoms with Crippen LogP contribution in [0.15, 0.2) is 24.3 Å². The van der Waals surface area contributed by atoms with E-state index in [0.717, 1.165) is 12.0 Å². The zero-order valence-corrected chi connectivity index (χ0v) is 14.7. The van der Waals surface area contributed by atoms with Gasteiger partial charge in [-0.15, -0.1) is 0 Å². The maximum atomic E-state index is 12.5. The first-order valence-corrected chi connectivity index (χ1v) is 8.15. The molecule has 5 nitrogen and oxygen atoms in total. The maximum Gasteiger partial charge on any atom is 0.407 e. The van der Waals surface area contributed by atoms with Crippen molar-refractivity contribution in [1.29, 1.82) is 0 Å². The minimum Gasteiger partial charge on any atom is -0.450 e. The largest absolute Gasteiger partial charge is 0.450 e. The summed E-state index contributed by atoms with van der Waals surface area (Å²) in [6.07, 6.45) is 0.194. The summed E-state index contributed by atoms with van der Waals surface area (Å²) in [5.41, 5.74) is 2.20. The highest BCUT2D eigenvalue weighted by Crippen LogP contribution is 2.14. The lowest BCUT2D eigenvalue weighted by molar-refractivity contribution is -0.124. The van der Waals surface area contributed by atoms with Gasteiger partial charge in [0.2, 0.25) is 5.91 Å². The summed E-state index contributed by atoms with van der Waals surface area (Å²) in [6, 6.07) is 7.27. The van der Waals surface area contributed by atoms with Crippen LogP contribution in [0.5, 0.6) is 0 Å². The first-order chi connectivity index (χ1) is 10.8. The van der Waals surface area contributed by atoms with Crippen LogP contribution >= 0.6 is 0 Å². The van der Waals surface area contributed by atoms with Gasteiger partial charge >= 0.3 is 6.09 Å². The second-order valence-corrected chi connectivity index (χ2v) is 6.14. The lowest BCUT2D eigenvalue weighted by Crippen LogP contribution is -2.50. The molecular formula is C18H28N2O3. The maximum absolute atomic E-state index is 12.5. The van der Waals surface area contributed by atoms with Crippen LogP contribution in [-0.2, 0) is 9.53 Å². The van der Waals surface area contributed by atoms with Crippen LogP contribution in [0.25, 0.3) is 0 Å². The summed E-state index contributed by atoms with van der Waals surface area (Å²) in [5, 5.41) is 5.59. The first kappa shape index (κ1) is 19.0. The second kappa shape index (κ2) is 9.18. The number of ether oxygens (including phenoxy) is 1. The minimum atomic E-state index is -0.618. The van der Waals surface area contributed by atoms with E-state index in [1.165, 1.54) is 5.56 Å². The molecule has 1 aromatic carbocycles. The van der Waals surface area contributed by atoms with Gasteiger partial charge in [-0.3, -0.25) is 4.79 Å². The minimum absolute atomic E-state index is 0.0330. The zero-order valence-electron chi connectivity index (χ0n) is 14.7. The van der Waals surface area contributed by atoms with Crippen LogP contribution in [-0.4, -0.2) is 24.6 Å². The van der Waals surface area contributed by atoms with Crippen LogP contribution in [0.2, 0.25) is 0 Å². The number of rotatable bonds is 7. The average Bonchev–Trinajstić information content (AvgIpc) is 2.50. The van der Waals surface area contributed by atoms with E-state index in [2.05, 4.69) is 10.6 Å². The van der Waals surface area contributed by atoms with Gasteiger partial charge in [0.1, 0.15) is 6.04 Å². The molecule has 0 aliphatic heterocycles. The topological polar surface area (TPSA) is 67.4 Å². The molecule has 23 heavy (non-hydrogen) atoms. The Kier molecular flexibility index (Phi) is 7.59. The molecule has 128 valence electrons. The van der Waals surface area contributed by atoms with Crippen LogP contribution in [0, 0.1) is 12.8 Å². The second-order valence-electron chi connectivity index (χ2n) is 6.14. The molecule has 0 aromatic heterocycles. The van der Waals surface area contributed by atoms with Crippen molar-refractivity contribution in [3.8, 4) is 0 Å². The fourth-order valence-electron chi connectivity index (χ4n) is 2.14. The van der Waals surface area contributed by atoms with Crippen LogP contribution in [0.3, 0.4) is 0 Å². The molecule has 0 fully saturated rings. The highest BCUT2D eigenvalue weighted by atomic mass is 16.5. The van der Waals surface area contributed by atoms with Crippen molar-refractivity contribution in [1.82, 2.24) is 10.6 Å². The SMILES string of the molecule is CCCOC(=O)NC(C(=O)NC(C)c1ccc(C)cc1)C(C)C. The van der Waals surface area contributed by atoms with E-state index in [-0.39, 0.29) is 17.9 Å². The van der Waals surface area contributed by atoms with Crippen molar-refractivity contribution in [2.45, 2.75) is 53.1 Å². The fourth-order valence-corrected chi connectivity index (χ4v) is 2.14. The molecule has 2 atom stereocenters. The van der Waals surface area contributed by atoms with Gasteiger partial charge in [-0.2, -0.15) is 0 Å². The van der Waals surface area contributed by atoms with E-state index in [4.69, 9.17) is 4.74 Å². The summed E-state index contributed by atoms with van der Waals surface area (Å²) in [7, 11) is 0. The Morgan fingerprint density at radius 2 is 1.70 bits per heavy atom. The molecule has 5 heteroatoms. The number of carbonyl (C=O) groups is 2. The number of hydrogen-bond acceptors (Lipinski definition) is 3. The summed E-state index contributed by atoms with van der Waals surface area (Å²) < 4.78 is 4.99. The van der Waals surface area contributed by atoms with Gasteiger partial charge in [-0.1, -0.05) is 50.6 Å². The number of nitrogens with one attached hydrogen (secondary N) is 2. The van der Waals surface area contributed by atoms with Gasteiger partial charge in [0, 0.05) is 0 Å². The molecular weight excluding hydrogens is 292 g/mol. The Hall–Kier alpha value is -2.04.